The van der Waals surface area contributed by atoms with Gasteiger partial charge in [-0.15, -0.1) is 0 Å². The number of hydrogen-bond acceptors (Lipinski definition) is 1. The monoisotopic (exact) mass is 188 g/mol. The third-order valence-corrected chi connectivity index (χ3v) is 2.84. The molecule has 1 unspecified atom stereocenters. The van der Waals surface area contributed by atoms with Crippen molar-refractivity contribution >= 4 is 10.9 Å². The normalized spacial score (nSPS) is 13.4. The number of benzene rings is 1. The maximum atomic E-state index is 5.83. The zero-order valence-electron chi connectivity index (χ0n) is 8.89. The van der Waals surface area contributed by atoms with Crippen LogP contribution in [0.15, 0.2) is 18.2 Å². The molecule has 1 heterocycles. The lowest BCUT2D eigenvalue weighted by Crippen LogP contribution is -2.04. The summed E-state index contributed by atoms with van der Waals surface area (Å²) in [5.41, 5.74) is 10.8. The molecule has 0 amide bonds. The standard InChI is InChI=1S/C12H16N2/c1-7-4-5-10-6-11(9(3)13)14-12(10)8(7)2/h4-6,9,14H,13H2,1-3H3. The minimum atomic E-state index is 0.0714. The van der Waals surface area contributed by atoms with E-state index in [9.17, 15) is 0 Å². The molecule has 0 fully saturated rings. The average molecular weight is 188 g/mol. The molecule has 3 N–H and O–H groups in total. The molecular formula is C12H16N2. The Morgan fingerprint density at radius 1 is 1.29 bits per heavy atom. The quantitative estimate of drug-likeness (QED) is 0.710. The number of nitrogens with one attached hydrogen (secondary N) is 1. The highest BCUT2D eigenvalue weighted by Crippen LogP contribution is 2.23. The predicted molar refractivity (Wildman–Crippen MR) is 60.4 cm³/mol. The summed E-state index contributed by atoms with van der Waals surface area (Å²) < 4.78 is 0. The van der Waals surface area contributed by atoms with Crippen molar-refractivity contribution in [3.63, 3.8) is 0 Å². The first kappa shape index (κ1) is 9.28. The van der Waals surface area contributed by atoms with Crippen LogP contribution >= 0.6 is 0 Å². The Morgan fingerprint density at radius 2 is 2.00 bits per heavy atom. The van der Waals surface area contributed by atoms with E-state index in [1.165, 1.54) is 22.0 Å². The van der Waals surface area contributed by atoms with Crippen LogP contribution in [0.5, 0.6) is 0 Å². The van der Waals surface area contributed by atoms with Crippen molar-refractivity contribution in [3.05, 3.63) is 35.0 Å². The summed E-state index contributed by atoms with van der Waals surface area (Å²) in [7, 11) is 0. The minimum Gasteiger partial charge on any atom is -0.357 e. The van der Waals surface area contributed by atoms with Gasteiger partial charge in [0, 0.05) is 17.3 Å². The molecule has 2 aromatic rings. The van der Waals surface area contributed by atoms with Gasteiger partial charge in [0.05, 0.1) is 0 Å². The molecule has 1 aromatic carbocycles. The Kier molecular flexibility index (Phi) is 2.08. The van der Waals surface area contributed by atoms with Gasteiger partial charge in [-0.2, -0.15) is 0 Å². The summed E-state index contributed by atoms with van der Waals surface area (Å²) in [6.07, 6.45) is 0. The second-order valence-electron chi connectivity index (χ2n) is 3.99. The maximum Gasteiger partial charge on any atom is 0.0488 e. The minimum absolute atomic E-state index is 0.0714. The zero-order chi connectivity index (χ0) is 10.3. The molecule has 2 heteroatoms. The van der Waals surface area contributed by atoms with E-state index in [1.807, 2.05) is 6.92 Å². The molecule has 0 aliphatic carbocycles. The topological polar surface area (TPSA) is 41.8 Å². The molecule has 2 nitrogen and oxygen atoms in total. The lowest BCUT2D eigenvalue weighted by atomic mass is 10.1. The highest BCUT2D eigenvalue weighted by Gasteiger charge is 2.07. The third kappa shape index (κ3) is 1.32. The Bertz CT molecular complexity index is 466. The summed E-state index contributed by atoms with van der Waals surface area (Å²) in [6, 6.07) is 6.49. The van der Waals surface area contributed by atoms with Crippen molar-refractivity contribution in [3.8, 4) is 0 Å². The Morgan fingerprint density at radius 3 is 2.64 bits per heavy atom. The Balaban J connectivity index is 2.71. The molecule has 0 aliphatic heterocycles. The van der Waals surface area contributed by atoms with Crippen LogP contribution < -0.4 is 5.73 Å². The van der Waals surface area contributed by atoms with Gasteiger partial charge in [-0.1, -0.05) is 12.1 Å². The summed E-state index contributed by atoms with van der Waals surface area (Å²) in [6.45, 7) is 6.26. The van der Waals surface area contributed by atoms with E-state index in [1.54, 1.807) is 0 Å². The zero-order valence-corrected chi connectivity index (χ0v) is 8.89. The highest BCUT2D eigenvalue weighted by molar-refractivity contribution is 5.84. The molecule has 14 heavy (non-hydrogen) atoms. The number of aromatic amines is 1. The van der Waals surface area contributed by atoms with Gasteiger partial charge in [0.1, 0.15) is 0 Å². The highest BCUT2D eigenvalue weighted by atomic mass is 14.8. The van der Waals surface area contributed by atoms with E-state index < -0.39 is 0 Å². The molecule has 1 aromatic heterocycles. The first-order chi connectivity index (χ1) is 6.59. The van der Waals surface area contributed by atoms with Gasteiger partial charge in [-0.3, -0.25) is 0 Å². The van der Waals surface area contributed by atoms with Crippen LogP contribution in [0.25, 0.3) is 10.9 Å². The summed E-state index contributed by atoms with van der Waals surface area (Å²) in [5, 5.41) is 1.25. The van der Waals surface area contributed by atoms with Crippen LogP contribution in [-0.4, -0.2) is 4.98 Å². The van der Waals surface area contributed by atoms with Crippen molar-refractivity contribution in [2.24, 2.45) is 5.73 Å². The number of H-pyrrole nitrogens is 1. The van der Waals surface area contributed by atoms with E-state index >= 15 is 0 Å². The molecule has 1 atom stereocenters. The van der Waals surface area contributed by atoms with Gasteiger partial charge >= 0.3 is 0 Å². The van der Waals surface area contributed by atoms with Gasteiger partial charge in [0.2, 0.25) is 0 Å². The van der Waals surface area contributed by atoms with Gasteiger partial charge in [0.25, 0.3) is 0 Å². The molecule has 74 valence electrons. The third-order valence-electron chi connectivity index (χ3n) is 2.84. The first-order valence-electron chi connectivity index (χ1n) is 4.94. The van der Waals surface area contributed by atoms with Crippen LogP contribution in [0.2, 0.25) is 0 Å². The molecule has 0 bridgehead atoms. The van der Waals surface area contributed by atoms with Gasteiger partial charge in [-0.05, 0) is 43.4 Å². The number of nitrogens with two attached hydrogens (primary N) is 1. The second-order valence-corrected chi connectivity index (χ2v) is 3.99. The van der Waals surface area contributed by atoms with Crippen LogP contribution in [0.4, 0.5) is 0 Å². The van der Waals surface area contributed by atoms with Crippen molar-refractivity contribution < 1.29 is 0 Å². The van der Waals surface area contributed by atoms with Crippen molar-refractivity contribution in [1.82, 2.24) is 4.98 Å². The molecule has 0 spiro atoms. The second kappa shape index (κ2) is 3.14. The van der Waals surface area contributed by atoms with Crippen molar-refractivity contribution in [2.45, 2.75) is 26.8 Å². The number of aryl methyl sites for hydroxylation is 2. The summed E-state index contributed by atoms with van der Waals surface area (Å²) in [4.78, 5) is 3.38. The number of fused-ring (bicyclic) bond motifs is 1. The van der Waals surface area contributed by atoms with Crippen LogP contribution in [0.1, 0.15) is 29.8 Å². The van der Waals surface area contributed by atoms with Crippen LogP contribution in [-0.2, 0) is 0 Å². The summed E-state index contributed by atoms with van der Waals surface area (Å²) >= 11 is 0. The van der Waals surface area contributed by atoms with Crippen molar-refractivity contribution in [2.75, 3.05) is 0 Å². The van der Waals surface area contributed by atoms with Crippen molar-refractivity contribution in [1.29, 1.82) is 0 Å². The van der Waals surface area contributed by atoms with Gasteiger partial charge in [-0.25, -0.2) is 0 Å². The molecule has 2 rings (SSSR count). The van der Waals surface area contributed by atoms with E-state index in [2.05, 4.69) is 37.0 Å². The Hall–Kier alpha value is -1.28. The number of hydrogen-bond donors (Lipinski definition) is 2. The lowest BCUT2D eigenvalue weighted by Gasteiger charge is -2.01. The van der Waals surface area contributed by atoms with E-state index in [0.717, 1.165) is 5.69 Å². The van der Waals surface area contributed by atoms with Crippen LogP contribution in [0.3, 0.4) is 0 Å². The number of rotatable bonds is 1. The largest absolute Gasteiger partial charge is 0.357 e. The van der Waals surface area contributed by atoms with Gasteiger partial charge in [0.15, 0.2) is 0 Å². The molecule has 0 aliphatic rings. The van der Waals surface area contributed by atoms with E-state index in [4.69, 9.17) is 5.73 Å². The maximum absolute atomic E-state index is 5.83. The molecule has 0 saturated heterocycles. The van der Waals surface area contributed by atoms with Gasteiger partial charge < -0.3 is 10.7 Å². The molecule has 0 saturated carbocycles. The smallest absolute Gasteiger partial charge is 0.0488 e. The fourth-order valence-corrected chi connectivity index (χ4v) is 1.72. The Labute approximate surface area is 84.1 Å². The van der Waals surface area contributed by atoms with E-state index in [0.29, 0.717) is 0 Å². The average Bonchev–Trinajstić information content (AvgIpc) is 2.56. The predicted octanol–water partition coefficient (Wildman–Crippen LogP) is 2.80. The SMILES string of the molecule is Cc1ccc2cc(C(C)N)[nH]c2c1C. The summed E-state index contributed by atoms with van der Waals surface area (Å²) in [5.74, 6) is 0. The molecular weight excluding hydrogens is 172 g/mol. The first-order valence-corrected chi connectivity index (χ1v) is 4.94. The van der Waals surface area contributed by atoms with E-state index in [-0.39, 0.29) is 6.04 Å². The van der Waals surface area contributed by atoms with Crippen LogP contribution in [0, 0.1) is 13.8 Å². The number of aromatic nitrogens is 1. The fraction of sp³-hybridized carbons (Fsp3) is 0.333. The molecule has 0 radical (unpaired) electrons. The lowest BCUT2D eigenvalue weighted by molar-refractivity contribution is 0.792. The fourth-order valence-electron chi connectivity index (χ4n) is 1.72.